The summed E-state index contributed by atoms with van der Waals surface area (Å²) in [5, 5.41) is 3.47. The standard InChI is InChI=1S/C15H25NO/c1-11(2)14-6-8-15(9-7-14)13(4)16-10-12(3)17-5/h6-9,11-13,16H,10H2,1-5H3. The minimum absolute atomic E-state index is 0.257. The van der Waals surface area contributed by atoms with Crippen LogP contribution >= 0.6 is 0 Å². The Morgan fingerprint density at radius 1 is 1.00 bits per heavy atom. The van der Waals surface area contributed by atoms with E-state index in [1.54, 1.807) is 7.11 Å². The first kappa shape index (κ1) is 14.2. The van der Waals surface area contributed by atoms with Crippen LogP contribution in [0.4, 0.5) is 0 Å². The van der Waals surface area contributed by atoms with Gasteiger partial charge < -0.3 is 10.1 Å². The summed E-state index contributed by atoms with van der Waals surface area (Å²) < 4.78 is 5.22. The maximum Gasteiger partial charge on any atom is 0.0667 e. The summed E-state index contributed by atoms with van der Waals surface area (Å²) in [5.74, 6) is 0.598. The molecule has 2 unspecified atom stereocenters. The van der Waals surface area contributed by atoms with E-state index in [1.165, 1.54) is 11.1 Å². The van der Waals surface area contributed by atoms with E-state index >= 15 is 0 Å². The highest BCUT2D eigenvalue weighted by Crippen LogP contribution is 2.18. The predicted molar refractivity (Wildman–Crippen MR) is 73.4 cm³/mol. The SMILES string of the molecule is COC(C)CNC(C)c1ccc(C(C)C)cc1. The molecule has 0 fully saturated rings. The fraction of sp³-hybridized carbons (Fsp3) is 0.600. The van der Waals surface area contributed by atoms with Gasteiger partial charge in [0, 0.05) is 19.7 Å². The van der Waals surface area contributed by atoms with Crippen molar-refractivity contribution < 1.29 is 4.74 Å². The van der Waals surface area contributed by atoms with Crippen molar-refractivity contribution in [3.8, 4) is 0 Å². The minimum Gasteiger partial charge on any atom is -0.380 e. The van der Waals surface area contributed by atoms with Crippen molar-refractivity contribution in [3.05, 3.63) is 35.4 Å². The molecule has 0 bridgehead atoms. The van der Waals surface area contributed by atoms with E-state index in [-0.39, 0.29) is 6.10 Å². The first-order chi connectivity index (χ1) is 8.04. The average Bonchev–Trinajstić information content (AvgIpc) is 2.35. The fourth-order valence-electron chi connectivity index (χ4n) is 1.71. The molecule has 17 heavy (non-hydrogen) atoms. The molecule has 0 aromatic heterocycles. The number of hydrogen-bond donors (Lipinski definition) is 1. The average molecular weight is 235 g/mol. The quantitative estimate of drug-likeness (QED) is 0.815. The van der Waals surface area contributed by atoms with Crippen molar-refractivity contribution in [1.82, 2.24) is 5.32 Å². The molecule has 1 N–H and O–H groups in total. The molecule has 0 aliphatic heterocycles. The van der Waals surface area contributed by atoms with Gasteiger partial charge >= 0.3 is 0 Å². The van der Waals surface area contributed by atoms with Crippen molar-refractivity contribution in [3.63, 3.8) is 0 Å². The second-order valence-corrected chi connectivity index (χ2v) is 5.00. The van der Waals surface area contributed by atoms with Crippen LogP contribution in [-0.4, -0.2) is 19.8 Å². The Balaban J connectivity index is 2.54. The van der Waals surface area contributed by atoms with Gasteiger partial charge in [-0.3, -0.25) is 0 Å². The zero-order chi connectivity index (χ0) is 12.8. The molecular weight excluding hydrogens is 210 g/mol. The predicted octanol–water partition coefficient (Wildman–Crippen LogP) is 3.50. The highest BCUT2D eigenvalue weighted by atomic mass is 16.5. The van der Waals surface area contributed by atoms with Crippen molar-refractivity contribution in [2.45, 2.75) is 45.8 Å². The van der Waals surface area contributed by atoms with Crippen LogP contribution in [0.3, 0.4) is 0 Å². The molecule has 0 radical (unpaired) electrons. The highest BCUT2D eigenvalue weighted by Gasteiger charge is 2.07. The summed E-state index contributed by atoms with van der Waals surface area (Å²) >= 11 is 0. The van der Waals surface area contributed by atoms with E-state index in [2.05, 4.69) is 57.3 Å². The van der Waals surface area contributed by atoms with Crippen LogP contribution in [0.15, 0.2) is 24.3 Å². The third-order valence-corrected chi connectivity index (χ3v) is 3.22. The molecule has 0 aliphatic rings. The Morgan fingerprint density at radius 2 is 1.53 bits per heavy atom. The largest absolute Gasteiger partial charge is 0.380 e. The maximum absolute atomic E-state index is 5.22. The Hall–Kier alpha value is -0.860. The maximum atomic E-state index is 5.22. The molecule has 0 saturated heterocycles. The van der Waals surface area contributed by atoms with E-state index in [0.29, 0.717) is 12.0 Å². The smallest absolute Gasteiger partial charge is 0.0667 e. The van der Waals surface area contributed by atoms with Crippen LogP contribution in [0.25, 0.3) is 0 Å². The van der Waals surface area contributed by atoms with Gasteiger partial charge in [0.25, 0.3) is 0 Å². The van der Waals surface area contributed by atoms with E-state index in [0.717, 1.165) is 6.54 Å². The van der Waals surface area contributed by atoms with Gasteiger partial charge in [0.1, 0.15) is 0 Å². The third kappa shape index (κ3) is 4.49. The normalized spacial score (nSPS) is 14.9. The van der Waals surface area contributed by atoms with Crippen molar-refractivity contribution in [2.24, 2.45) is 0 Å². The minimum atomic E-state index is 0.257. The molecule has 0 aliphatic carbocycles. The van der Waals surface area contributed by atoms with E-state index in [9.17, 15) is 0 Å². The van der Waals surface area contributed by atoms with E-state index in [1.807, 2.05) is 0 Å². The number of hydrogen-bond acceptors (Lipinski definition) is 2. The summed E-state index contributed by atoms with van der Waals surface area (Å²) in [7, 11) is 1.74. The number of benzene rings is 1. The lowest BCUT2D eigenvalue weighted by Gasteiger charge is -2.18. The molecular formula is C15H25NO. The van der Waals surface area contributed by atoms with E-state index in [4.69, 9.17) is 4.74 Å². The second-order valence-electron chi connectivity index (χ2n) is 5.00. The zero-order valence-corrected chi connectivity index (χ0v) is 11.7. The second kappa shape index (κ2) is 6.77. The molecule has 96 valence electrons. The summed E-state index contributed by atoms with van der Waals surface area (Å²) in [4.78, 5) is 0. The van der Waals surface area contributed by atoms with Crippen LogP contribution in [-0.2, 0) is 4.74 Å². The van der Waals surface area contributed by atoms with Gasteiger partial charge in [0.2, 0.25) is 0 Å². The number of rotatable bonds is 6. The van der Waals surface area contributed by atoms with E-state index < -0.39 is 0 Å². The number of methoxy groups -OCH3 is 1. The van der Waals surface area contributed by atoms with Gasteiger partial charge in [-0.05, 0) is 30.9 Å². The Labute approximate surface area is 105 Å². The van der Waals surface area contributed by atoms with Gasteiger partial charge in [0.15, 0.2) is 0 Å². The molecule has 0 spiro atoms. The third-order valence-electron chi connectivity index (χ3n) is 3.22. The number of nitrogens with one attached hydrogen (secondary N) is 1. The van der Waals surface area contributed by atoms with Crippen LogP contribution in [0, 0.1) is 0 Å². The van der Waals surface area contributed by atoms with Gasteiger partial charge in [-0.15, -0.1) is 0 Å². The zero-order valence-electron chi connectivity index (χ0n) is 11.7. The van der Waals surface area contributed by atoms with Crippen LogP contribution in [0.1, 0.15) is 50.8 Å². The Morgan fingerprint density at radius 3 is 2.00 bits per heavy atom. The van der Waals surface area contributed by atoms with Crippen molar-refractivity contribution in [2.75, 3.05) is 13.7 Å². The first-order valence-corrected chi connectivity index (χ1v) is 6.40. The lowest BCUT2D eigenvalue weighted by molar-refractivity contribution is 0.115. The lowest BCUT2D eigenvalue weighted by atomic mass is 9.99. The molecule has 0 saturated carbocycles. The van der Waals surface area contributed by atoms with Crippen molar-refractivity contribution in [1.29, 1.82) is 0 Å². The Kier molecular flexibility index (Phi) is 5.66. The summed E-state index contributed by atoms with van der Waals surface area (Å²) in [6, 6.07) is 9.24. The van der Waals surface area contributed by atoms with Gasteiger partial charge in [-0.25, -0.2) is 0 Å². The summed E-state index contributed by atoms with van der Waals surface area (Å²) in [6.07, 6.45) is 0.257. The topological polar surface area (TPSA) is 21.3 Å². The van der Waals surface area contributed by atoms with Crippen molar-refractivity contribution >= 4 is 0 Å². The molecule has 1 rings (SSSR count). The molecule has 1 aromatic carbocycles. The monoisotopic (exact) mass is 235 g/mol. The van der Waals surface area contributed by atoms with Crippen LogP contribution in [0.5, 0.6) is 0 Å². The lowest BCUT2D eigenvalue weighted by Crippen LogP contribution is -2.28. The molecule has 0 heterocycles. The van der Waals surface area contributed by atoms with Gasteiger partial charge in [0.05, 0.1) is 6.10 Å². The summed E-state index contributed by atoms with van der Waals surface area (Å²) in [5.41, 5.74) is 2.73. The highest BCUT2D eigenvalue weighted by molar-refractivity contribution is 5.26. The van der Waals surface area contributed by atoms with Gasteiger partial charge in [-0.1, -0.05) is 38.1 Å². The molecule has 0 amide bonds. The molecule has 2 nitrogen and oxygen atoms in total. The first-order valence-electron chi connectivity index (χ1n) is 6.40. The van der Waals surface area contributed by atoms with Crippen LogP contribution in [0.2, 0.25) is 0 Å². The van der Waals surface area contributed by atoms with Gasteiger partial charge in [-0.2, -0.15) is 0 Å². The molecule has 2 heteroatoms. The van der Waals surface area contributed by atoms with Crippen LogP contribution < -0.4 is 5.32 Å². The molecule has 1 aromatic rings. The molecule has 2 atom stereocenters. The Bertz CT molecular complexity index is 318. The number of ether oxygens (including phenoxy) is 1. The fourth-order valence-corrected chi connectivity index (χ4v) is 1.71. The summed E-state index contributed by atoms with van der Waals surface area (Å²) in [6.45, 7) is 9.58.